The zero-order valence-corrected chi connectivity index (χ0v) is 21.1. The molecule has 2 rings (SSSR count). The molecule has 184 valence electrons. The van der Waals surface area contributed by atoms with E-state index in [0.29, 0.717) is 5.56 Å². The highest BCUT2D eigenvalue weighted by atomic mass is 32.2. The van der Waals surface area contributed by atoms with Crippen molar-refractivity contribution in [2.75, 3.05) is 12.4 Å². The highest BCUT2D eigenvalue weighted by Gasteiger charge is 2.49. The van der Waals surface area contributed by atoms with E-state index in [0.717, 1.165) is 18.6 Å². The van der Waals surface area contributed by atoms with Crippen LogP contribution < -0.4 is 0 Å². The Morgan fingerprint density at radius 1 is 0.970 bits per heavy atom. The van der Waals surface area contributed by atoms with Crippen LogP contribution in [-0.4, -0.2) is 59.3 Å². The van der Waals surface area contributed by atoms with Gasteiger partial charge in [-0.25, -0.2) is 4.79 Å². The predicted molar refractivity (Wildman–Crippen MR) is 130 cm³/mol. The van der Waals surface area contributed by atoms with Gasteiger partial charge in [-0.2, -0.15) is 12.6 Å². The average molecular weight is 499 g/mol. The van der Waals surface area contributed by atoms with Crippen molar-refractivity contribution in [3.63, 3.8) is 0 Å². The molecule has 1 aliphatic heterocycles. The summed E-state index contributed by atoms with van der Waals surface area (Å²) in [4.78, 5) is 35.9. The number of rotatable bonds is 12. The van der Waals surface area contributed by atoms with Gasteiger partial charge in [0.15, 0.2) is 12.2 Å². The van der Waals surface area contributed by atoms with Gasteiger partial charge in [-0.05, 0) is 24.3 Å². The van der Waals surface area contributed by atoms with Crippen LogP contribution in [-0.2, 0) is 28.5 Å². The minimum atomic E-state index is -0.832. The lowest BCUT2D eigenvalue weighted by molar-refractivity contribution is -0.193. The van der Waals surface area contributed by atoms with Gasteiger partial charge in [0, 0.05) is 13.8 Å². The zero-order chi connectivity index (χ0) is 24.2. The molecular formula is C24H34O7S2. The van der Waals surface area contributed by atoms with Crippen LogP contribution in [0.1, 0.15) is 63.2 Å². The lowest BCUT2D eigenvalue weighted by atomic mass is 10.0. The summed E-state index contributed by atoms with van der Waals surface area (Å²) in [6, 6.07) is 8.65. The molecule has 1 saturated heterocycles. The lowest BCUT2D eigenvalue weighted by Crippen LogP contribution is -2.58. The number of benzene rings is 1. The highest BCUT2D eigenvalue weighted by molar-refractivity contribution is 7.99. The van der Waals surface area contributed by atoms with E-state index >= 15 is 0 Å². The summed E-state index contributed by atoms with van der Waals surface area (Å²) in [6.45, 7) is 4.70. The van der Waals surface area contributed by atoms with Crippen LogP contribution in [0.4, 0.5) is 0 Å². The van der Waals surface area contributed by atoms with E-state index in [1.807, 2.05) is 6.07 Å². The standard InChI is InChI=1S/C24H34O7S2/c1-4-5-6-7-11-14-33-24-21(30-17(3)26)20(29-16(2)25)22(32)19(31-24)15-28-23(27)18-12-9-8-10-13-18/h8-10,12-13,19-22,24,32H,4-7,11,14-15H2,1-3H3/t19-,20-,21-,22+,24+/m1/s1. The number of unbranched alkanes of at least 4 members (excludes halogenated alkanes) is 4. The molecule has 0 aromatic heterocycles. The summed E-state index contributed by atoms with van der Waals surface area (Å²) >= 11 is 6.10. The Balaban J connectivity index is 2.09. The van der Waals surface area contributed by atoms with Gasteiger partial charge in [-0.1, -0.05) is 50.8 Å². The number of ether oxygens (including phenoxy) is 4. The molecule has 0 bridgehead atoms. The Morgan fingerprint density at radius 2 is 1.61 bits per heavy atom. The third-order valence-corrected chi connectivity index (χ3v) is 7.00. The Kier molecular flexibility index (Phi) is 12.1. The van der Waals surface area contributed by atoms with Crippen molar-refractivity contribution in [1.29, 1.82) is 0 Å². The van der Waals surface area contributed by atoms with Gasteiger partial charge in [0.2, 0.25) is 0 Å². The van der Waals surface area contributed by atoms with Gasteiger partial charge in [0.25, 0.3) is 0 Å². The molecule has 1 aromatic carbocycles. The van der Waals surface area contributed by atoms with Gasteiger partial charge in [-0.3, -0.25) is 9.59 Å². The van der Waals surface area contributed by atoms with Gasteiger partial charge >= 0.3 is 17.9 Å². The fourth-order valence-electron chi connectivity index (χ4n) is 3.53. The second-order valence-electron chi connectivity index (χ2n) is 7.93. The number of hydrogen-bond donors (Lipinski definition) is 1. The Hall–Kier alpha value is -1.71. The Labute approximate surface area is 205 Å². The van der Waals surface area contributed by atoms with E-state index in [4.69, 9.17) is 18.9 Å². The third kappa shape index (κ3) is 9.22. The molecule has 0 N–H and O–H groups in total. The molecule has 5 atom stereocenters. The molecule has 33 heavy (non-hydrogen) atoms. The van der Waals surface area contributed by atoms with E-state index in [2.05, 4.69) is 19.6 Å². The number of esters is 3. The molecule has 1 aliphatic rings. The van der Waals surface area contributed by atoms with E-state index in [1.165, 1.54) is 44.9 Å². The van der Waals surface area contributed by atoms with Crippen LogP contribution in [0.2, 0.25) is 0 Å². The average Bonchev–Trinajstić information content (AvgIpc) is 2.78. The molecule has 0 aliphatic carbocycles. The molecule has 1 fully saturated rings. The first-order valence-corrected chi connectivity index (χ1v) is 12.9. The second-order valence-corrected chi connectivity index (χ2v) is 9.73. The molecule has 7 nitrogen and oxygen atoms in total. The fourth-order valence-corrected chi connectivity index (χ4v) is 5.14. The van der Waals surface area contributed by atoms with Crippen LogP contribution in [0.25, 0.3) is 0 Å². The molecule has 0 saturated carbocycles. The smallest absolute Gasteiger partial charge is 0.338 e. The molecule has 1 aromatic rings. The number of carbonyl (C=O) groups is 3. The number of carbonyl (C=O) groups excluding carboxylic acids is 3. The van der Waals surface area contributed by atoms with Crippen molar-refractivity contribution in [1.82, 2.24) is 0 Å². The van der Waals surface area contributed by atoms with Crippen LogP contribution in [0.3, 0.4) is 0 Å². The summed E-state index contributed by atoms with van der Waals surface area (Å²) in [5.41, 5.74) is -0.149. The molecule has 9 heteroatoms. The maximum atomic E-state index is 12.4. The highest BCUT2D eigenvalue weighted by Crippen LogP contribution is 2.35. The van der Waals surface area contributed by atoms with Gasteiger partial charge in [-0.15, -0.1) is 11.8 Å². The van der Waals surface area contributed by atoms with Crippen molar-refractivity contribution >= 4 is 42.3 Å². The molecule has 0 spiro atoms. The van der Waals surface area contributed by atoms with E-state index in [-0.39, 0.29) is 6.61 Å². The summed E-state index contributed by atoms with van der Waals surface area (Å²) in [7, 11) is 0. The monoisotopic (exact) mass is 498 g/mol. The van der Waals surface area contributed by atoms with E-state index < -0.39 is 46.9 Å². The second kappa shape index (κ2) is 14.5. The lowest BCUT2D eigenvalue weighted by Gasteiger charge is -2.43. The molecule has 1 heterocycles. The summed E-state index contributed by atoms with van der Waals surface area (Å²) < 4.78 is 22.6. The Bertz CT molecular complexity index is 758. The minimum Gasteiger partial charge on any atom is -0.459 e. The number of hydrogen-bond acceptors (Lipinski definition) is 9. The van der Waals surface area contributed by atoms with Gasteiger partial charge in [0.1, 0.15) is 18.1 Å². The maximum Gasteiger partial charge on any atom is 0.338 e. The SMILES string of the molecule is CCCCCCCS[C@@H]1O[C@H](COC(=O)c2ccccc2)[C@H](S)[C@H](OC(C)=O)[C@H]1OC(C)=O. The quantitative estimate of drug-likeness (QED) is 0.196. The van der Waals surface area contributed by atoms with Crippen LogP contribution in [0.5, 0.6) is 0 Å². The van der Waals surface area contributed by atoms with Gasteiger partial charge < -0.3 is 18.9 Å². The summed E-state index contributed by atoms with van der Waals surface area (Å²) in [6.07, 6.45) is 3.35. The largest absolute Gasteiger partial charge is 0.459 e. The maximum absolute atomic E-state index is 12.4. The molecule has 0 radical (unpaired) electrons. The number of thiol groups is 1. The van der Waals surface area contributed by atoms with Crippen molar-refractivity contribution in [2.45, 2.75) is 81.9 Å². The topological polar surface area (TPSA) is 88.1 Å². The van der Waals surface area contributed by atoms with Crippen molar-refractivity contribution in [2.24, 2.45) is 0 Å². The Morgan fingerprint density at radius 3 is 2.24 bits per heavy atom. The van der Waals surface area contributed by atoms with Crippen molar-refractivity contribution in [3.05, 3.63) is 35.9 Å². The van der Waals surface area contributed by atoms with E-state index in [1.54, 1.807) is 24.3 Å². The van der Waals surface area contributed by atoms with E-state index in [9.17, 15) is 14.4 Å². The number of thioether (sulfide) groups is 1. The molecular weight excluding hydrogens is 464 g/mol. The first-order valence-electron chi connectivity index (χ1n) is 11.3. The van der Waals surface area contributed by atoms with Crippen LogP contribution in [0.15, 0.2) is 30.3 Å². The fraction of sp³-hybridized carbons (Fsp3) is 0.625. The minimum absolute atomic E-state index is 0.0694. The van der Waals surface area contributed by atoms with Crippen molar-refractivity contribution in [3.8, 4) is 0 Å². The first-order chi connectivity index (χ1) is 15.8. The molecule has 0 unspecified atom stereocenters. The third-order valence-electron chi connectivity index (χ3n) is 5.14. The summed E-state index contributed by atoms with van der Waals surface area (Å²) in [5, 5.41) is -0.650. The molecule has 0 amide bonds. The van der Waals surface area contributed by atoms with Crippen molar-refractivity contribution < 1.29 is 33.3 Å². The first kappa shape index (κ1) is 27.5. The van der Waals surface area contributed by atoms with Crippen LogP contribution in [0, 0.1) is 0 Å². The van der Waals surface area contributed by atoms with Gasteiger partial charge in [0.05, 0.1) is 10.8 Å². The zero-order valence-electron chi connectivity index (χ0n) is 19.4. The summed E-state index contributed by atoms with van der Waals surface area (Å²) in [5.74, 6) is -0.691. The normalized spacial score (nSPS) is 24.7. The van der Waals surface area contributed by atoms with Crippen LogP contribution >= 0.6 is 24.4 Å². The predicted octanol–water partition coefficient (Wildman–Crippen LogP) is 4.43.